The first-order chi connectivity index (χ1) is 11.0. The molecule has 1 aromatic rings. The topological polar surface area (TPSA) is 81.7 Å². The van der Waals surface area contributed by atoms with E-state index >= 15 is 0 Å². The number of nitrogens with one attached hydrogen (secondary N) is 1. The first-order valence-corrected chi connectivity index (χ1v) is 8.01. The second-order valence-electron chi connectivity index (χ2n) is 5.69. The van der Waals surface area contributed by atoms with Crippen LogP contribution in [0.15, 0.2) is 15.7 Å². The van der Waals surface area contributed by atoms with Crippen LogP contribution in [0.1, 0.15) is 13.8 Å². The molecule has 1 aromatic heterocycles. The fraction of sp³-hybridized carbons (Fsp3) is 0.667. The molecule has 8 nitrogen and oxygen atoms in total. The van der Waals surface area contributed by atoms with Crippen molar-refractivity contribution in [3.63, 3.8) is 0 Å². The minimum absolute atomic E-state index is 0.130. The van der Waals surface area contributed by atoms with Gasteiger partial charge in [0.15, 0.2) is 0 Å². The Bertz CT molecular complexity index is 623. The maximum atomic E-state index is 12.3. The molecular formula is C15H25N5O3. The number of rotatable bonds is 5. The molecule has 0 saturated carbocycles. The van der Waals surface area contributed by atoms with Crippen LogP contribution in [0.5, 0.6) is 0 Å². The summed E-state index contributed by atoms with van der Waals surface area (Å²) in [6.45, 7) is 8.64. The fourth-order valence-electron chi connectivity index (χ4n) is 2.65. The third kappa shape index (κ3) is 4.01. The first kappa shape index (κ1) is 17.3. The minimum Gasteiger partial charge on any atom is -0.354 e. The number of piperazine rings is 1. The highest BCUT2D eigenvalue weighted by molar-refractivity contribution is 5.78. The molecule has 2 heterocycles. The van der Waals surface area contributed by atoms with Crippen molar-refractivity contribution in [1.82, 2.24) is 19.4 Å². The van der Waals surface area contributed by atoms with E-state index in [1.54, 1.807) is 0 Å². The number of amides is 1. The molecule has 1 fully saturated rings. The van der Waals surface area contributed by atoms with Crippen molar-refractivity contribution >= 4 is 11.7 Å². The van der Waals surface area contributed by atoms with Crippen LogP contribution in [0.25, 0.3) is 0 Å². The van der Waals surface area contributed by atoms with E-state index in [0.717, 1.165) is 17.7 Å². The van der Waals surface area contributed by atoms with Gasteiger partial charge in [0.25, 0.3) is 5.56 Å². The average molecular weight is 323 g/mol. The molecule has 0 aromatic carbocycles. The third-order valence-electron chi connectivity index (χ3n) is 4.36. The van der Waals surface area contributed by atoms with Gasteiger partial charge in [-0.15, -0.1) is 0 Å². The van der Waals surface area contributed by atoms with Crippen LogP contribution in [0.2, 0.25) is 0 Å². The highest BCUT2D eigenvalue weighted by atomic mass is 16.2. The lowest BCUT2D eigenvalue weighted by molar-refractivity contribution is -0.132. The summed E-state index contributed by atoms with van der Waals surface area (Å²) in [7, 11) is 1.44. The second-order valence-corrected chi connectivity index (χ2v) is 5.69. The van der Waals surface area contributed by atoms with Crippen molar-refractivity contribution in [2.24, 2.45) is 7.05 Å². The summed E-state index contributed by atoms with van der Waals surface area (Å²) in [4.78, 5) is 44.2. The van der Waals surface area contributed by atoms with Crippen LogP contribution < -0.4 is 16.1 Å². The van der Waals surface area contributed by atoms with Crippen LogP contribution in [-0.4, -0.2) is 71.1 Å². The lowest BCUT2D eigenvalue weighted by Crippen LogP contribution is -2.52. The maximum Gasteiger partial charge on any atom is 0.329 e. The van der Waals surface area contributed by atoms with Gasteiger partial charge in [-0.25, -0.2) is 4.79 Å². The van der Waals surface area contributed by atoms with Crippen LogP contribution in [-0.2, 0) is 11.8 Å². The van der Waals surface area contributed by atoms with Gasteiger partial charge in [0, 0.05) is 39.3 Å². The molecule has 1 saturated heterocycles. The summed E-state index contributed by atoms with van der Waals surface area (Å²) in [5, 5.41) is 0. The van der Waals surface area contributed by atoms with Crippen LogP contribution >= 0.6 is 0 Å². The van der Waals surface area contributed by atoms with Crippen molar-refractivity contribution < 1.29 is 4.79 Å². The third-order valence-corrected chi connectivity index (χ3v) is 4.36. The van der Waals surface area contributed by atoms with E-state index in [2.05, 4.69) is 9.88 Å². The lowest BCUT2D eigenvalue weighted by atomic mass is 10.3. The van der Waals surface area contributed by atoms with Gasteiger partial charge in [0.05, 0.1) is 6.54 Å². The number of nitrogens with zero attached hydrogens (tertiary/aromatic N) is 4. The van der Waals surface area contributed by atoms with Gasteiger partial charge in [0.2, 0.25) is 5.91 Å². The summed E-state index contributed by atoms with van der Waals surface area (Å²) in [6, 6.07) is 1.43. The van der Waals surface area contributed by atoms with Gasteiger partial charge >= 0.3 is 5.69 Å². The molecule has 0 aliphatic carbocycles. The molecule has 0 spiro atoms. The minimum atomic E-state index is -0.424. The van der Waals surface area contributed by atoms with Crippen LogP contribution in [0.3, 0.4) is 0 Å². The molecule has 1 aliphatic rings. The van der Waals surface area contributed by atoms with Crippen molar-refractivity contribution in [2.45, 2.75) is 13.8 Å². The fourth-order valence-corrected chi connectivity index (χ4v) is 2.65. The Kier molecular flexibility index (Phi) is 5.59. The zero-order chi connectivity index (χ0) is 17.0. The van der Waals surface area contributed by atoms with Crippen molar-refractivity contribution in [2.75, 3.05) is 50.7 Å². The monoisotopic (exact) mass is 323 g/mol. The SMILES string of the molecule is CCN(CC)CC(=O)N1CCN(c2cc(=O)n(C)c(=O)[nH]2)CC1. The summed E-state index contributed by atoms with van der Waals surface area (Å²) < 4.78 is 1.04. The Morgan fingerprint density at radius 1 is 1.17 bits per heavy atom. The Hall–Kier alpha value is -2.09. The zero-order valence-electron chi connectivity index (χ0n) is 14.0. The molecular weight excluding hydrogens is 298 g/mol. The highest BCUT2D eigenvalue weighted by Crippen LogP contribution is 2.10. The predicted octanol–water partition coefficient (Wildman–Crippen LogP) is -0.936. The van der Waals surface area contributed by atoms with E-state index in [1.807, 2.05) is 23.6 Å². The van der Waals surface area contributed by atoms with Crippen molar-refractivity contribution in [3.05, 3.63) is 26.9 Å². The molecule has 1 aliphatic heterocycles. The van der Waals surface area contributed by atoms with Gasteiger partial charge in [-0.05, 0) is 13.1 Å². The number of anilines is 1. The van der Waals surface area contributed by atoms with E-state index in [0.29, 0.717) is 38.5 Å². The molecule has 0 radical (unpaired) electrons. The smallest absolute Gasteiger partial charge is 0.329 e. The Labute approximate surface area is 135 Å². The number of hydrogen-bond acceptors (Lipinski definition) is 5. The average Bonchev–Trinajstić information content (AvgIpc) is 2.57. The molecule has 128 valence electrons. The molecule has 2 rings (SSSR count). The number of aromatic nitrogens is 2. The molecule has 0 unspecified atom stereocenters. The van der Waals surface area contributed by atoms with Crippen LogP contribution in [0.4, 0.5) is 5.82 Å². The van der Waals surface area contributed by atoms with Crippen molar-refractivity contribution in [3.8, 4) is 0 Å². The maximum absolute atomic E-state index is 12.3. The molecule has 8 heteroatoms. The molecule has 0 bridgehead atoms. The van der Waals surface area contributed by atoms with E-state index in [9.17, 15) is 14.4 Å². The summed E-state index contributed by atoms with van der Waals surface area (Å²) in [6.07, 6.45) is 0. The molecule has 23 heavy (non-hydrogen) atoms. The number of carbonyl (C=O) groups is 1. The Morgan fingerprint density at radius 3 is 2.30 bits per heavy atom. The number of hydrogen-bond donors (Lipinski definition) is 1. The first-order valence-electron chi connectivity index (χ1n) is 8.01. The van der Waals surface area contributed by atoms with E-state index < -0.39 is 5.69 Å². The second kappa shape index (κ2) is 7.45. The van der Waals surface area contributed by atoms with Gasteiger partial charge in [-0.2, -0.15) is 0 Å². The normalized spacial score (nSPS) is 15.3. The summed E-state index contributed by atoms with van der Waals surface area (Å²) >= 11 is 0. The number of H-pyrrole nitrogens is 1. The standard InChI is InChI=1S/C15H25N5O3/c1-4-18(5-2)11-14(22)20-8-6-19(7-9-20)12-10-13(21)17(3)15(23)16-12/h10H,4-9,11H2,1-3H3,(H,16,23). The largest absolute Gasteiger partial charge is 0.354 e. The molecule has 1 amide bonds. The number of aromatic amines is 1. The van der Waals surface area contributed by atoms with Crippen LogP contribution in [0, 0.1) is 0 Å². The lowest BCUT2D eigenvalue weighted by Gasteiger charge is -2.36. The summed E-state index contributed by atoms with van der Waals surface area (Å²) in [5.41, 5.74) is -0.753. The zero-order valence-corrected chi connectivity index (χ0v) is 14.0. The van der Waals surface area contributed by atoms with Crippen molar-refractivity contribution in [1.29, 1.82) is 0 Å². The van der Waals surface area contributed by atoms with E-state index in [-0.39, 0.29) is 11.5 Å². The van der Waals surface area contributed by atoms with Gasteiger partial charge in [-0.3, -0.25) is 24.0 Å². The Balaban J connectivity index is 1.97. The molecule has 0 atom stereocenters. The predicted molar refractivity (Wildman–Crippen MR) is 88.9 cm³/mol. The van der Waals surface area contributed by atoms with Gasteiger partial charge < -0.3 is 9.80 Å². The number of carbonyl (C=O) groups excluding carboxylic acids is 1. The van der Waals surface area contributed by atoms with E-state index in [4.69, 9.17) is 0 Å². The highest BCUT2D eigenvalue weighted by Gasteiger charge is 2.23. The quantitative estimate of drug-likeness (QED) is 0.757. The van der Waals surface area contributed by atoms with E-state index in [1.165, 1.54) is 13.1 Å². The Morgan fingerprint density at radius 2 is 1.78 bits per heavy atom. The summed E-state index contributed by atoms with van der Waals surface area (Å²) in [5.74, 6) is 0.653. The van der Waals surface area contributed by atoms with Gasteiger partial charge in [-0.1, -0.05) is 13.8 Å². The van der Waals surface area contributed by atoms with Gasteiger partial charge in [0.1, 0.15) is 5.82 Å². The molecule has 1 N–H and O–H groups in total. The number of likely N-dealkylation sites (N-methyl/N-ethyl adjacent to an activating group) is 1.